The maximum Gasteiger partial charge on any atom is 0.306 e. The summed E-state index contributed by atoms with van der Waals surface area (Å²) < 4.78 is 16.8. The van der Waals surface area contributed by atoms with Crippen molar-refractivity contribution in [2.24, 2.45) is 0 Å². The maximum absolute atomic E-state index is 12.8. The number of unbranched alkanes of at least 4 members (excludes halogenated alkanes) is 33. The Bertz CT molecular complexity index is 1430. The van der Waals surface area contributed by atoms with Gasteiger partial charge in [-0.15, -0.1) is 0 Å². The molecule has 0 aliphatic carbocycles. The highest BCUT2D eigenvalue weighted by atomic mass is 16.6. The molecule has 0 aromatic heterocycles. The van der Waals surface area contributed by atoms with E-state index in [9.17, 15) is 14.4 Å². The molecule has 75 heavy (non-hydrogen) atoms. The van der Waals surface area contributed by atoms with E-state index < -0.39 is 6.10 Å². The molecule has 6 heteroatoms. The van der Waals surface area contributed by atoms with Crippen molar-refractivity contribution in [2.75, 3.05) is 13.2 Å². The van der Waals surface area contributed by atoms with E-state index in [1.165, 1.54) is 173 Å². The largest absolute Gasteiger partial charge is 0.462 e. The van der Waals surface area contributed by atoms with Crippen LogP contribution in [0.3, 0.4) is 0 Å². The molecule has 0 radical (unpaired) electrons. The van der Waals surface area contributed by atoms with Gasteiger partial charge in [0.2, 0.25) is 0 Å². The highest BCUT2D eigenvalue weighted by molar-refractivity contribution is 5.71. The number of rotatable bonds is 58. The summed E-state index contributed by atoms with van der Waals surface area (Å²) in [7, 11) is 0. The van der Waals surface area contributed by atoms with Crippen molar-refractivity contribution in [1.29, 1.82) is 0 Å². The van der Waals surface area contributed by atoms with E-state index in [-0.39, 0.29) is 31.1 Å². The molecule has 0 saturated carbocycles. The number of carbonyl (C=O) groups is 3. The third-order valence-corrected chi connectivity index (χ3v) is 13.9. The highest BCUT2D eigenvalue weighted by Gasteiger charge is 2.19. The van der Waals surface area contributed by atoms with E-state index in [1.807, 2.05) is 0 Å². The molecule has 0 heterocycles. The van der Waals surface area contributed by atoms with Gasteiger partial charge in [0.25, 0.3) is 0 Å². The zero-order valence-corrected chi connectivity index (χ0v) is 49.6. The van der Waals surface area contributed by atoms with Crippen molar-refractivity contribution in [3.8, 4) is 0 Å². The van der Waals surface area contributed by atoms with Gasteiger partial charge in [-0.1, -0.05) is 305 Å². The van der Waals surface area contributed by atoms with Crippen molar-refractivity contribution in [3.05, 3.63) is 85.1 Å². The van der Waals surface area contributed by atoms with Crippen LogP contribution in [-0.2, 0) is 28.6 Å². The summed E-state index contributed by atoms with van der Waals surface area (Å²) in [6.45, 7) is 6.50. The van der Waals surface area contributed by atoms with Gasteiger partial charge in [0.15, 0.2) is 6.10 Å². The van der Waals surface area contributed by atoms with Gasteiger partial charge in [-0.25, -0.2) is 0 Å². The van der Waals surface area contributed by atoms with Crippen LogP contribution in [-0.4, -0.2) is 37.2 Å². The van der Waals surface area contributed by atoms with Crippen LogP contribution in [0.5, 0.6) is 0 Å². The zero-order chi connectivity index (χ0) is 54.3. The molecule has 6 nitrogen and oxygen atoms in total. The van der Waals surface area contributed by atoms with Crippen LogP contribution >= 0.6 is 0 Å². The molecule has 0 saturated heterocycles. The summed E-state index contributed by atoms with van der Waals surface area (Å²) in [6, 6.07) is 0. The van der Waals surface area contributed by atoms with Crippen LogP contribution in [0.2, 0.25) is 0 Å². The molecule has 1 unspecified atom stereocenters. The van der Waals surface area contributed by atoms with Gasteiger partial charge < -0.3 is 14.2 Å². The minimum absolute atomic E-state index is 0.0729. The molecule has 0 spiro atoms. The summed E-state index contributed by atoms with van der Waals surface area (Å²) >= 11 is 0. The summed E-state index contributed by atoms with van der Waals surface area (Å²) in [5.41, 5.74) is 0. The molecule has 0 aliphatic rings. The number of hydrogen-bond donors (Lipinski definition) is 0. The molecule has 0 aromatic carbocycles. The van der Waals surface area contributed by atoms with Crippen molar-refractivity contribution in [2.45, 2.75) is 322 Å². The normalized spacial score (nSPS) is 12.6. The fourth-order valence-corrected chi connectivity index (χ4v) is 9.13. The Morgan fingerprint density at radius 2 is 0.520 bits per heavy atom. The molecule has 0 aliphatic heterocycles. The van der Waals surface area contributed by atoms with E-state index in [4.69, 9.17) is 14.2 Å². The average molecular weight is 1050 g/mol. The second-order valence-corrected chi connectivity index (χ2v) is 21.3. The molecule has 1 atom stereocenters. The second kappa shape index (κ2) is 63.1. The first-order valence-corrected chi connectivity index (χ1v) is 32.1. The first-order chi connectivity index (χ1) is 37.0. The van der Waals surface area contributed by atoms with Gasteiger partial charge in [0.05, 0.1) is 0 Å². The van der Waals surface area contributed by atoms with Gasteiger partial charge in [0.1, 0.15) is 13.2 Å². The Hall–Kier alpha value is -3.41. The fraction of sp³-hybridized carbons (Fsp3) is 0.754. The third kappa shape index (κ3) is 61.3. The lowest BCUT2D eigenvalue weighted by Gasteiger charge is -2.18. The van der Waals surface area contributed by atoms with Crippen LogP contribution in [0.1, 0.15) is 316 Å². The van der Waals surface area contributed by atoms with E-state index in [0.717, 1.165) is 103 Å². The molecular weight excluding hydrogens is 925 g/mol. The quantitative estimate of drug-likeness (QED) is 0.0261. The minimum atomic E-state index is -0.771. The zero-order valence-electron chi connectivity index (χ0n) is 49.6. The van der Waals surface area contributed by atoms with E-state index in [2.05, 4.69) is 106 Å². The van der Waals surface area contributed by atoms with Crippen molar-refractivity contribution >= 4 is 17.9 Å². The lowest BCUT2D eigenvalue weighted by atomic mass is 10.0. The molecule has 0 rings (SSSR count). The third-order valence-electron chi connectivity index (χ3n) is 13.9. The topological polar surface area (TPSA) is 78.9 Å². The Labute approximate surface area is 465 Å². The van der Waals surface area contributed by atoms with Gasteiger partial charge >= 0.3 is 17.9 Å². The van der Waals surface area contributed by atoms with E-state index >= 15 is 0 Å². The predicted molar refractivity (Wildman–Crippen MR) is 325 cm³/mol. The number of ether oxygens (including phenoxy) is 3. The summed E-state index contributed by atoms with van der Waals surface area (Å²) in [6.07, 6.45) is 83.4. The molecule has 0 aromatic rings. The number of carbonyl (C=O) groups excluding carboxylic acids is 3. The highest BCUT2D eigenvalue weighted by Crippen LogP contribution is 2.17. The summed E-state index contributed by atoms with van der Waals surface area (Å²) in [5, 5.41) is 0. The van der Waals surface area contributed by atoms with Gasteiger partial charge in [-0.2, -0.15) is 0 Å². The van der Waals surface area contributed by atoms with Gasteiger partial charge in [-0.3, -0.25) is 14.4 Å². The predicted octanol–water partition coefficient (Wildman–Crippen LogP) is 21.9. The number of allylic oxidation sites excluding steroid dienone is 14. The Morgan fingerprint density at radius 1 is 0.280 bits per heavy atom. The van der Waals surface area contributed by atoms with Crippen LogP contribution in [0, 0.1) is 0 Å². The van der Waals surface area contributed by atoms with Crippen LogP contribution in [0.15, 0.2) is 85.1 Å². The number of hydrogen-bond acceptors (Lipinski definition) is 6. The first kappa shape index (κ1) is 71.6. The fourth-order valence-electron chi connectivity index (χ4n) is 9.13. The molecule has 0 N–H and O–H groups in total. The van der Waals surface area contributed by atoms with E-state index in [1.54, 1.807) is 0 Å². The van der Waals surface area contributed by atoms with Crippen LogP contribution < -0.4 is 0 Å². The average Bonchev–Trinajstić information content (AvgIpc) is 3.41. The Balaban J connectivity index is 4.04. The Kier molecular flexibility index (Phi) is 60.3. The molecular formula is C69H120O6. The maximum atomic E-state index is 12.8. The first-order valence-electron chi connectivity index (χ1n) is 32.1. The molecule has 0 amide bonds. The van der Waals surface area contributed by atoms with Crippen molar-refractivity contribution < 1.29 is 28.6 Å². The Morgan fingerprint density at radius 3 is 0.813 bits per heavy atom. The monoisotopic (exact) mass is 1040 g/mol. The standard InChI is InChI=1S/C69H120O6/c1-4-7-10-13-16-18-20-22-24-26-28-29-30-31-32-33-34-35-36-37-38-39-40-41-42-44-45-47-49-51-53-56-59-62-68(71)74-65-66(64-73-67(70)61-58-55-15-12-9-6-3)75-69(72)63-60-57-54-52-50-48-46-43-27-25-23-21-19-17-14-11-8-5-2/h7,10,16,18,22,24,28-29,31-32,34-35,37-38,66H,4-6,8-9,11-15,17,19-21,23,25-27,30,33,36,39-65H2,1-3H3/b10-7-,18-16-,24-22-,29-28-,32-31-,35-34-,38-37-. The second-order valence-electron chi connectivity index (χ2n) is 21.3. The summed E-state index contributed by atoms with van der Waals surface area (Å²) in [5.74, 6) is -0.872. The van der Waals surface area contributed by atoms with Crippen molar-refractivity contribution in [1.82, 2.24) is 0 Å². The lowest BCUT2D eigenvalue weighted by molar-refractivity contribution is -0.167. The smallest absolute Gasteiger partial charge is 0.306 e. The summed E-state index contributed by atoms with van der Waals surface area (Å²) in [4.78, 5) is 38.0. The van der Waals surface area contributed by atoms with Crippen LogP contribution in [0.25, 0.3) is 0 Å². The minimum Gasteiger partial charge on any atom is -0.462 e. The molecule has 0 bridgehead atoms. The molecule has 0 fully saturated rings. The van der Waals surface area contributed by atoms with Crippen molar-refractivity contribution in [3.63, 3.8) is 0 Å². The number of esters is 3. The lowest BCUT2D eigenvalue weighted by Crippen LogP contribution is -2.30. The SMILES string of the molecule is CC/C=C\C/C=C\C/C=C\C/C=C\C/C=C\C/C=C\C/C=C\CCCCCCCCCCCCCC(=O)OCC(COC(=O)CCCCCCCC)OC(=O)CCCCCCCCCCCCCCCCCCCC. The van der Waals surface area contributed by atoms with Crippen LogP contribution in [0.4, 0.5) is 0 Å². The van der Waals surface area contributed by atoms with E-state index in [0.29, 0.717) is 19.3 Å². The van der Waals surface area contributed by atoms with Gasteiger partial charge in [0, 0.05) is 19.3 Å². The van der Waals surface area contributed by atoms with Gasteiger partial charge in [-0.05, 0) is 77.0 Å². The molecule has 432 valence electrons.